The first-order valence-corrected chi connectivity index (χ1v) is 7.57. The Morgan fingerprint density at radius 2 is 1.70 bits per heavy atom. The molecule has 1 aromatic carbocycles. The topological polar surface area (TPSA) is 73.9 Å². The molecule has 0 aromatic heterocycles. The normalized spacial score (nSPS) is 10.9. The van der Waals surface area contributed by atoms with Gasteiger partial charge in [-0.05, 0) is 45.9 Å². The minimum atomic E-state index is -0.494. The van der Waals surface area contributed by atoms with Gasteiger partial charge in [-0.15, -0.1) is 0 Å². The summed E-state index contributed by atoms with van der Waals surface area (Å²) in [7, 11) is 0. The van der Waals surface area contributed by atoms with E-state index in [0.717, 1.165) is 0 Å². The lowest BCUT2D eigenvalue weighted by Crippen LogP contribution is -2.22. The van der Waals surface area contributed by atoms with Crippen LogP contribution >= 0.6 is 0 Å². The van der Waals surface area contributed by atoms with E-state index < -0.39 is 5.97 Å². The minimum Gasteiger partial charge on any atom is -0.490 e. The standard InChI is InChI=1S/C17H23NO5/c1-5-21-14-9-8-13(11-15(14)22-6-2)17(20)18-12(4)10-16(19)23-7-3/h8-11H,5-7H2,1-4H3,(H,18,20). The molecule has 0 unspecified atom stereocenters. The van der Waals surface area contributed by atoms with Crippen molar-refractivity contribution < 1.29 is 23.8 Å². The fourth-order valence-electron chi connectivity index (χ4n) is 1.84. The molecule has 0 saturated carbocycles. The zero-order chi connectivity index (χ0) is 17.2. The average molecular weight is 321 g/mol. The number of carbonyl (C=O) groups excluding carboxylic acids is 2. The molecule has 0 atom stereocenters. The lowest BCUT2D eigenvalue weighted by Gasteiger charge is -2.12. The third-order valence-corrected chi connectivity index (χ3v) is 2.74. The average Bonchev–Trinajstić information content (AvgIpc) is 2.49. The lowest BCUT2D eigenvalue weighted by atomic mass is 10.2. The zero-order valence-electron chi connectivity index (χ0n) is 14.0. The molecular formula is C17H23NO5. The molecule has 0 bridgehead atoms. The van der Waals surface area contributed by atoms with E-state index in [1.807, 2.05) is 13.8 Å². The van der Waals surface area contributed by atoms with Gasteiger partial charge in [0.25, 0.3) is 5.91 Å². The number of hydrogen-bond donors (Lipinski definition) is 1. The second kappa shape index (κ2) is 9.50. The summed E-state index contributed by atoms with van der Waals surface area (Å²) in [5.41, 5.74) is 0.814. The van der Waals surface area contributed by atoms with Crippen LogP contribution in [0.25, 0.3) is 0 Å². The molecule has 0 heterocycles. The summed E-state index contributed by atoms with van der Waals surface area (Å²) in [6.07, 6.45) is 1.24. The van der Waals surface area contributed by atoms with E-state index in [2.05, 4.69) is 5.32 Å². The minimum absolute atomic E-state index is 0.285. The van der Waals surface area contributed by atoms with Crippen LogP contribution in [0.4, 0.5) is 0 Å². The monoisotopic (exact) mass is 321 g/mol. The van der Waals surface area contributed by atoms with Crippen LogP contribution in [0.15, 0.2) is 30.0 Å². The van der Waals surface area contributed by atoms with Gasteiger partial charge in [-0.25, -0.2) is 4.79 Å². The number of hydrogen-bond acceptors (Lipinski definition) is 5. The Morgan fingerprint density at radius 1 is 1.04 bits per heavy atom. The Hall–Kier alpha value is -2.50. The number of allylic oxidation sites excluding steroid dienone is 1. The van der Waals surface area contributed by atoms with Crippen LogP contribution < -0.4 is 14.8 Å². The molecule has 0 aliphatic heterocycles. The molecule has 0 fully saturated rings. The van der Waals surface area contributed by atoms with Gasteiger partial charge in [-0.2, -0.15) is 0 Å². The largest absolute Gasteiger partial charge is 0.490 e. The first-order valence-electron chi connectivity index (χ1n) is 7.57. The van der Waals surface area contributed by atoms with Crippen molar-refractivity contribution in [3.8, 4) is 11.5 Å². The second-order valence-corrected chi connectivity index (χ2v) is 4.56. The van der Waals surface area contributed by atoms with E-state index >= 15 is 0 Å². The number of rotatable bonds is 8. The van der Waals surface area contributed by atoms with Gasteiger partial charge < -0.3 is 19.5 Å². The van der Waals surface area contributed by atoms with E-state index in [4.69, 9.17) is 14.2 Å². The van der Waals surface area contributed by atoms with Crippen molar-refractivity contribution in [2.75, 3.05) is 19.8 Å². The van der Waals surface area contributed by atoms with Gasteiger partial charge in [0.1, 0.15) is 0 Å². The van der Waals surface area contributed by atoms with Crippen LogP contribution in [0.2, 0.25) is 0 Å². The van der Waals surface area contributed by atoms with Crippen LogP contribution in [-0.4, -0.2) is 31.7 Å². The molecule has 0 radical (unpaired) electrons. The first-order chi connectivity index (χ1) is 11.0. The third kappa shape index (κ3) is 6.02. The Balaban J connectivity index is 2.87. The van der Waals surface area contributed by atoms with E-state index in [9.17, 15) is 9.59 Å². The van der Waals surface area contributed by atoms with Gasteiger partial charge >= 0.3 is 5.97 Å². The number of benzene rings is 1. The van der Waals surface area contributed by atoms with Gasteiger partial charge in [0.2, 0.25) is 0 Å². The van der Waals surface area contributed by atoms with Crippen molar-refractivity contribution in [1.29, 1.82) is 0 Å². The van der Waals surface area contributed by atoms with Crippen molar-refractivity contribution in [3.05, 3.63) is 35.5 Å². The number of esters is 1. The fraction of sp³-hybridized carbons (Fsp3) is 0.412. The maximum absolute atomic E-state index is 12.2. The van der Waals surface area contributed by atoms with E-state index in [1.165, 1.54) is 6.08 Å². The number of nitrogens with one attached hydrogen (secondary N) is 1. The molecule has 6 heteroatoms. The molecule has 1 N–H and O–H groups in total. The second-order valence-electron chi connectivity index (χ2n) is 4.56. The van der Waals surface area contributed by atoms with Crippen molar-refractivity contribution in [2.45, 2.75) is 27.7 Å². The Labute approximate surface area is 136 Å². The quantitative estimate of drug-likeness (QED) is 0.588. The van der Waals surface area contributed by atoms with Crippen molar-refractivity contribution in [1.82, 2.24) is 5.32 Å². The predicted octanol–water partition coefficient (Wildman–Crippen LogP) is 2.68. The third-order valence-electron chi connectivity index (χ3n) is 2.74. The zero-order valence-corrected chi connectivity index (χ0v) is 14.0. The molecule has 6 nitrogen and oxygen atoms in total. The van der Waals surface area contributed by atoms with E-state index in [-0.39, 0.29) is 12.5 Å². The Morgan fingerprint density at radius 3 is 2.30 bits per heavy atom. The van der Waals surface area contributed by atoms with Crippen LogP contribution in [0.3, 0.4) is 0 Å². The van der Waals surface area contributed by atoms with Gasteiger partial charge in [0, 0.05) is 17.3 Å². The summed E-state index contributed by atoms with van der Waals surface area (Å²) in [6.45, 7) is 8.32. The Kier molecular flexibility index (Phi) is 7.66. The van der Waals surface area contributed by atoms with Crippen LogP contribution in [0.1, 0.15) is 38.1 Å². The van der Waals surface area contributed by atoms with E-state index in [0.29, 0.717) is 36.0 Å². The summed E-state index contributed by atoms with van der Waals surface area (Å²) < 4.78 is 15.7. The molecule has 0 spiro atoms. The van der Waals surface area contributed by atoms with E-state index in [1.54, 1.807) is 32.0 Å². The van der Waals surface area contributed by atoms with Crippen LogP contribution in [0.5, 0.6) is 11.5 Å². The van der Waals surface area contributed by atoms with Crippen LogP contribution in [0, 0.1) is 0 Å². The van der Waals surface area contributed by atoms with Crippen molar-refractivity contribution >= 4 is 11.9 Å². The highest BCUT2D eigenvalue weighted by Gasteiger charge is 2.12. The summed E-state index contributed by atoms with van der Waals surface area (Å²) in [5.74, 6) is 0.262. The number of amides is 1. The molecule has 23 heavy (non-hydrogen) atoms. The van der Waals surface area contributed by atoms with Crippen molar-refractivity contribution in [2.24, 2.45) is 0 Å². The highest BCUT2D eigenvalue weighted by Crippen LogP contribution is 2.28. The fourth-order valence-corrected chi connectivity index (χ4v) is 1.84. The van der Waals surface area contributed by atoms with Crippen molar-refractivity contribution in [3.63, 3.8) is 0 Å². The maximum atomic E-state index is 12.2. The number of carbonyl (C=O) groups is 2. The number of ether oxygens (including phenoxy) is 3. The molecule has 126 valence electrons. The Bertz CT molecular complexity index is 580. The van der Waals surface area contributed by atoms with Gasteiger partial charge in [-0.1, -0.05) is 0 Å². The summed E-state index contributed by atoms with van der Waals surface area (Å²) in [6, 6.07) is 4.94. The lowest BCUT2D eigenvalue weighted by molar-refractivity contribution is -0.137. The molecule has 1 rings (SSSR count). The molecule has 1 aromatic rings. The maximum Gasteiger partial charge on any atom is 0.332 e. The van der Waals surface area contributed by atoms with Crippen LogP contribution in [-0.2, 0) is 9.53 Å². The highest BCUT2D eigenvalue weighted by atomic mass is 16.5. The summed E-state index contributed by atoms with van der Waals surface area (Å²) in [4.78, 5) is 23.6. The van der Waals surface area contributed by atoms with Gasteiger partial charge in [0.05, 0.1) is 19.8 Å². The molecule has 1 amide bonds. The summed E-state index contributed by atoms with van der Waals surface area (Å²) in [5, 5.41) is 2.63. The molecular weight excluding hydrogens is 298 g/mol. The SMILES string of the molecule is CCOC(=O)C=C(C)NC(=O)c1ccc(OCC)c(OCC)c1. The first kappa shape index (κ1) is 18.5. The summed E-state index contributed by atoms with van der Waals surface area (Å²) >= 11 is 0. The molecule has 0 aliphatic carbocycles. The predicted molar refractivity (Wildman–Crippen MR) is 86.6 cm³/mol. The smallest absolute Gasteiger partial charge is 0.332 e. The molecule has 0 saturated heterocycles. The van der Waals surface area contributed by atoms with Gasteiger partial charge in [-0.3, -0.25) is 4.79 Å². The highest BCUT2D eigenvalue weighted by molar-refractivity contribution is 5.96. The van der Waals surface area contributed by atoms with Gasteiger partial charge in [0.15, 0.2) is 11.5 Å². The molecule has 0 aliphatic rings.